The van der Waals surface area contributed by atoms with Crippen molar-refractivity contribution in [2.75, 3.05) is 0 Å². The van der Waals surface area contributed by atoms with Gasteiger partial charge in [-0.15, -0.1) is 25.3 Å². The third-order valence-corrected chi connectivity index (χ3v) is 1.96. The summed E-state index contributed by atoms with van der Waals surface area (Å²) >= 11 is 8.03. The van der Waals surface area contributed by atoms with E-state index in [0.717, 1.165) is 5.56 Å². The molecule has 2 nitrogen and oxygen atoms in total. The van der Waals surface area contributed by atoms with Crippen molar-refractivity contribution >= 4 is 31.3 Å². The molecule has 0 amide bonds. The van der Waals surface area contributed by atoms with E-state index in [9.17, 15) is 5.11 Å². The SMILES string of the molecule is N#C[C@H](O)c1ccccc1C=C(S)S.[H-].[Na+]. The number of hydrogen-bond donors (Lipinski definition) is 3. The van der Waals surface area contributed by atoms with Gasteiger partial charge < -0.3 is 6.53 Å². The Bertz CT molecular complexity index is 402. The van der Waals surface area contributed by atoms with Gasteiger partial charge in [0.05, 0.1) is 6.07 Å². The van der Waals surface area contributed by atoms with E-state index in [1.807, 2.05) is 6.07 Å². The van der Waals surface area contributed by atoms with E-state index < -0.39 is 6.10 Å². The molecule has 0 saturated heterocycles. The maximum absolute atomic E-state index is 9.38. The van der Waals surface area contributed by atoms with Crippen LogP contribution in [0.1, 0.15) is 18.7 Å². The minimum absolute atomic E-state index is 0. The van der Waals surface area contributed by atoms with Crippen LogP contribution in [0.25, 0.3) is 6.08 Å². The van der Waals surface area contributed by atoms with Crippen LogP contribution in [0.3, 0.4) is 0 Å². The summed E-state index contributed by atoms with van der Waals surface area (Å²) < 4.78 is 0.530. The minimum Gasteiger partial charge on any atom is -1.00 e. The summed E-state index contributed by atoms with van der Waals surface area (Å²) in [6, 6.07) is 8.86. The smallest absolute Gasteiger partial charge is 1.00 e. The standard InChI is InChI=1S/C10H9NOS2.Na.H/c11-6-9(12)8-4-2-1-3-7(8)5-10(13)14;;/h1-5,9,12-14H;;/q;+1;-1/t9-;;/m0../s1. The van der Waals surface area contributed by atoms with E-state index in [1.165, 1.54) is 0 Å². The van der Waals surface area contributed by atoms with E-state index in [1.54, 1.807) is 30.3 Å². The van der Waals surface area contributed by atoms with Crippen molar-refractivity contribution in [3.63, 3.8) is 0 Å². The summed E-state index contributed by atoms with van der Waals surface area (Å²) in [5.74, 6) is 0. The van der Waals surface area contributed by atoms with E-state index in [2.05, 4.69) is 25.3 Å². The minimum atomic E-state index is -1.11. The first-order chi connectivity index (χ1) is 6.65. The van der Waals surface area contributed by atoms with Gasteiger partial charge in [0.2, 0.25) is 0 Å². The topological polar surface area (TPSA) is 44.0 Å². The Kier molecular flexibility index (Phi) is 7.45. The van der Waals surface area contributed by atoms with Crippen LogP contribution >= 0.6 is 25.3 Å². The van der Waals surface area contributed by atoms with Crippen LogP contribution in [0.5, 0.6) is 0 Å². The first-order valence-corrected chi connectivity index (χ1v) is 4.81. The molecule has 0 aliphatic heterocycles. The summed E-state index contributed by atoms with van der Waals surface area (Å²) in [4.78, 5) is 0. The molecule has 0 spiro atoms. The van der Waals surface area contributed by atoms with Gasteiger partial charge in [-0.05, 0) is 11.6 Å². The molecule has 0 saturated carbocycles. The molecule has 0 aliphatic rings. The number of hydrogen-bond acceptors (Lipinski definition) is 4. The third kappa shape index (κ3) is 4.64. The zero-order chi connectivity index (χ0) is 10.6. The number of rotatable bonds is 2. The van der Waals surface area contributed by atoms with Gasteiger partial charge in [-0.25, -0.2) is 0 Å². The Morgan fingerprint density at radius 2 is 2.07 bits per heavy atom. The average molecular weight is 247 g/mol. The van der Waals surface area contributed by atoms with Crippen LogP contribution in [0, 0.1) is 11.3 Å². The Balaban J connectivity index is 0. The molecule has 74 valence electrons. The second-order valence-electron chi connectivity index (χ2n) is 2.66. The van der Waals surface area contributed by atoms with Crippen LogP contribution in [-0.4, -0.2) is 5.11 Å². The summed E-state index contributed by atoms with van der Waals surface area (Å²) in [6.45, 7) is 0. The molecular formula is C10H10NNaOS2. The second kappa shape index (κ2) is 7.39. The number of nitrogens with zero attached hydrogens (tertiary/aromatic N) is 1. The second-order valence-corrected chi connectivity index (χ2v) is 3.98. The molecule has 15 heavy (non-hydrogen) atoms. The zero-order valence-electron chi connectivity index (χ0n) is 9.25. The van der Waals surface area contributed by atoms with Crippen LogP contribution < -0.4 is 29.6 Å². The molecule has 1 aromatic carbocycles. The van der Waals surface area contributed by atoms with E-state index >= 15 is 0 Å². The van der Waals surface area contributed by atoms with Crippen molar-refractivity contribution in [1.29, 1.82) is 5.26 Å². The molecule has 1 rings (SSSR count). The fourth-order valence-corrected chi connectivity index (χ4v) is 1.38. The normalized spacial score (nSPS) is 10.8. The summed E-state index contributed by atoms with van der Waals surface area (Å²) in [5, 5.41) is 18.0. The van der Waals surface area contributed by atoms with Crippen molar-refractivity contribution < 1.29 is 36.1 Å². The number of benzene rings is 1. The van der Waals surface area contributed by atoms with Gasteiger partial charge in [-0.1, -0.05) is 24.3 Å². The number of thiol groups is 2. The van der Waals surface area contributed by atoms with Crippen molar-refractivity contribution in [3.05, 3.63) is 39.6 Å². The fourth-order valence-electron chi connectivity index (χ4n) is 1.10. The maximum atomic E-state index is 9.38. The number of aliphatic hydroxyl groups is 1. The van der Waals surface area contributed by atoms with Gasteiger partial charge in [0.1, 0.15) is 0 Å². The molecule has 0 fully saturated rings. The van der Waals surface area contributed by atoms with Gasteiger partial charge in [-0.2, -0.15) is 5.26 Å². The first-order valence-electron chi connectivity index (χ1n) is 3.91. The average Bonchev–Trinajstić information content (AvgIpc) is 2.16. The molecule has 0 aromatic heterocycles. The monoisotopic (exact) mass is 247 g/mol. The molecule has 0 bridgehead atoms. The van der Waals surface area contributed by atoms with Gasteiger partial charge in [0.15, 0.2) is 6.10 Å². The number of nitriles is 1. The Hall–Kier alpha value is 0.110. The van der Waals surface area contributed by atoms with Crippen molar-refractivity contribution in [1.82, 2.24) is 0 Å². The fraction of sp³-hybridized carbons (Fsp3) is 0.100. The van der Waals surface area contributed by atoms with E-state index in [4.69, 9.17) is 5.26 Å². The summed E-state index contributed by atoms with van der Waals surface area (Å²) in [6.07, 6.45) is 0.575. The maximum Gasteiger partial charge on any atom is 1.00 e. The van der Waals surface area contributed by atoms with Crippen LogP contribution in [0.4, 0.5) is 0 Å². The van der Waals surface area contributed by atoms with Crippen LogP contribution in [0.15, 0.2) is 28.5 Å². The summed E-state index contributed by atoms with van der Waals surface area (Å²) in [5.41, 5.74) is 1.32. The first kappa shape index (κ1) is 15.1. The molecular weight excluding hydrogens is 237 g/mol. The molecule has 0 unspecified atom stereocenters. The van der Waals surface area contributed by atoms with E-state index in [0.29, 0.717) is 9.80 Å². The zero-order valence-corrected chi connectivity index (χ0v) is 12.0. The van der Waals surface area contributed by atoms with Gasteiger partial charge >= 0.3 is 29.6 Å². The Morgan fingerprint density at radius 1 is 1.47 bits per heavy atom. The molecule has 0 heterocycles. The molecule has 1 N–H and O–H groups in total. The van der Waals surface area contributed by atoms with Gasteiger partial charge in [-0.3, -0.25) is 0 Å². The largest absolute Gasteiger partial charge is 1.00 e. The third-order valence-electron chi connectivity index (χ3n) is 1.70. The van der Waals surface area contributed by atoms with E-state index in [-0.39, 0.29) is 31.0 Å². The Labute approximate surface area is 124 Å². The van der Waals surface area contributed by atoms with Crippen molar-refractivity contribution in [2.24, 2.45) is 0 Å². The predicted octanol–water partition coefficient (Wildman–Crippen LogP) is -0.482. The molecule has 1 atom stereocenters. The molecule has 5 heteroatoms. The Morgan fingerprint density at radius 3 is 2.60 bits per heavy atom. The van der Waals surface area contributed by atoms with Gasteiger partial charge in [0, 0.05) is 9.80 Å². The summed E-state index contributed by atoms with van der Waals surface area (Å²) in [7, 11) is 0. The van der Waals surface area contributed by atoms with Gasteiger partial charge in [0.25, 0.3) is 0 Å². The van der Waals surface area contributed by atoms with Crippen LogP contribution in [0.2, 0.25) is 0 Å². The quantitative estimate of drug-likeness (QED) is 0.375. The van der Waals surface area contributed by atoms with Crippen molar-refractivity contribution in [3.8, 4) is 6.07 Å². The number of aliphatic hydroxyl groups excluding tert-OH is 1. The molecule has 0 radical (unpaired) electrons. The van der Waals surface area contributed by atoms with Crippen molar-refractivity contribution in [2.45, 2.75) is 6.10 Å². The predicted molar refractivity (Wildman–Crippen MR) is 64.1 cm³/mol. The molecule has 1 aromatic rings. The van der Waals surface area contributed by atoms with Crippen LogP contribution in [-0.2, 0) is 0 Å². The molecule has 0 aliphatic carbocycles.